The average Bonchev–Trinajstić information content (AvgIpc) is 2.44. The number of hydrogen-bond donors (Lipinski definition) is 1. The van der Waals surface area contributed by atoms with Crippen molar-refractivity contribution in [3.63, 3.8) is 0 Å². The van der Waals surface area contributed by atoms with Crippen molar-refractivity contribution in [3.05, 3.63) is 0 Å². The molecule has 48 valence electrons. The lowest BCUT2D eigenvalue weighted by atomic mass is 11.0. The lowest BCUT2D eigenvalue weighted by molar-refractivity contribution is 0.675. The second-order valence-electron chi connectivity index (χ2n) is 2.13. The molecule has 0 aliphatic heterocycles. The summed E-state index contributed by atoms with van der Waals surface area (Å²) < 4.78 is 13.8. The highest BCUT2D eigenvalue weighted by Crippen LogP contribution is 2.26. The Morgan fingerprint density at radius 2 is 2.25 bits per heavy atom. The maximum atomic E-state index is 11.1. The molecule has 0 heterocycles. The molecule has 3 heteroatoms. The Balaban J connectivity index is 2.65. The highest BCUT2D eigenvalue weighted by atomic mass is 32.2. The quantitative estimate of drug-likeness (QED) is 0.528. The van der Waals surface area contributed by atoms with Crippen LogP contribution in [0.1, 0.15) is 12.8 Å². The summed E-state index contributed by atoms with van der Waals surface area (Å²) >= 11 is 0. The summed E-state index contributed by atoms with van der Waals surface area (Å²) in [7, 11) is -0.173. The van der Waals surface area contributed by atoms with Gasteiger partial charge in [0.15, 0.2) is 0 Å². The zero-order valence-electron chi connectivity index (χ0n) is 5.02. The first-order valence-corrected chi connectivity index (χ1v) is 4.50. The molecule has 2 nitrogen and oxygen atoms in total. The molecule has 1 fully saturated rings. The SMILES string of the molecule is C=S(=O)(NC)C1CC1. The largest absolute Gasteiger partial charge is 0.253 e. The van der Waals surface area contributed by atoms with Gasteiger partial charge in [-0.2, -0.15) is 0 Å². The van der Waals surface area contributed by atoms with E-state index in [4.69, 9.17) is 0 Å². The first kappa shape index (κ1) is 6.11. The summed E-state index contributed by atoms with van der Waals surface area (Å²) in [5, 5.41) is 0.368. The lowest BCUT2D eigenvalue weighted by Crippen LogP contribution is -2.22. The second kappa shape index (κ2) is 1.74. The summed E-state index contributed by atoms with van der Waals surface area (Å²) in [4.78, 5) is 0. The molecule has 1 N–H and O–H groups in total. The van der Waals surface area contributed by atoms with Crippen LogP contribution in [0.3, 0.4) is 0 Å². The van der Waals surface area contributed by atoms with Gasteiger partial charge >= 0.3 is 0 Å². The Labute approximate surface area is 50.4 Å². The van der Waals surface area contributed by atoms with Gasteiger partial charge in [0.2, 0.25) is 0 Å². The van der Waals surface area contributed by atoms with Crippen molar-refractivity contribution in [2.45, 2.75) is 18.1 Å². The molecule has 1 unspecified atom stereocenters. The number of nitrogens with one attached hydrogen (secondary N) is 1. The van der Waals surface area contributed by atoms with Gasteiger partial charge in [-0.3, -0.25) is 4.21 Å². The maximum Gasteiger partial charge on any atom is 0.0402 e. The monoisotopic (exact) mass is 133 g/mol. The zero-order valence-corrected chi connectivity index (χ0v) is 5.83. The molecule has 1 rings (SSSR count). The van der Waals surface area contributed by atoms with Gasteiger partial charge in [0.05, 0.1) is 0 Å². The number of hydrogen-bond acceptors (Lipinski definition) is 1. The second-order valence-corrected chi connectivity index (χ2v) is 4.66. The minimum absolute atomic E-state index is 0.368. The van der Waals surface area contributed by atoms with Crippen LogP contribution in [0.25, 0.3) is 0 Å². The van der Waals surface area contributed by atoms with Crippen LogP contribution in [0.4, 0.5) is 0 Å². The summed E-state index contributed by atoms with van der Waals surface area (Å²) in [6.07, 6.45) is 2.17. The molecule has 0 spiro atoms. The van der Waals surface area contributed by atoms with Crippen LogP contribution in [0.15, 0.2) is 0 Å². The topological polar surface area (TPSA) is 29.1 Å². The van der Waals surface area contributed by atoms with E-state index in [0.717, 1.165) is 12.8 Å². The van der Waals surface area contributed by atoms with E-state index < -0.39 is 9.71 Å². The summed E-state index contributed by atoms with van der Waals surface area (Å²) in [5.41, 5.74) is 0. The maximum absolute atomic E-state index is 11.1. The summed E-state index contributed by atoms with van der Waals surface area (Å²) in [6, 6.07) is 0. The van der Waals surface area contributed by atoms with E-state index in [0.29, 0.717) is 5.25 Å². The minimum Gasteiger partial charge on any atom is -0.253 e. The van der Waals surface area contributed by atoms with E-state index in [1.54, 1.807) is 7.05 Å². The minimum atomic E-state index is -1.88. The molecule has 0 radical (unpaired) electrons. The van der Waals surface area contributed by atoms with Crippen molar-refractivity contribution in [1.29, 1.82) is 0 Å². The molecule has 0 amide bonds. The highest BCUT2D eigenvalue weighted by Gasteiger charge is 2.29. The first-order chi connectivity index (χ1) is 3.67. The summed E-state index contributed by atoms with van der Waals surface area (Å²) in [6.45, 7) is 0. The van der Waals surface area contributed by atoms with E-state index >= 15 is 0 Å². The molecule has 8 heavy (non-hydrogen) atoms. The van der Waals surface area contributed by atoms with Gasteiger partial charge < -0.3 is 0 Å². The predicted octanol–water partition coefficient (Wildman–Crippen LogP) is -0.000400. The van der Waals surface area contributed by atoms with Gasteiger partial charge in [-0.15, -0.1) is 0 Å². The van der Waals surface area contributed by atoms with Gasteiger partial charge in [0.25, 0.3) is 0 Å². The van der Waals surface area contributed by atoms with E-state index in [1.807, 2.05) is 0 Å². The Morgan fingerprint density at radius 3 is 2.38 bits per heavy atom. The third-order valence-electron chi connectivity index (χ3n) is 1.41. The van der Waals surface area contributed by atoms with Crippen LogP contribution in [0.2, 0.25) is 0 Å². The van der Waals surface area contributed by atoms with Crippen molar-refractivity contribution < 1.29 is 4.21 Å². The third kappa shape index (κ3) is 1.03. The van der Waals surface area contributed by atoms with Crippen LogP contribution in [0.5, 0.6) is 0 Å². The number of rotatable bonds is 2. The van der Waals surface area contributed by atoms with E-state index in [-0.39, 0.29) is 0 Å². The van der Waals surface area contributed by atoms with E-state index in [9.17, 15) is 4.21 Å². The molecule has 0 saturated heterocycles. The van der Waals surface area contributed by atoms with Crippen molar-refractivity contribution in [2.75, 3.05) is 7.05 Å². The normalized spacial score (nSPS) is 27.1. The third-order valence-corrected chi connectivity index (χ3v) is 3.65. The first-order valence-electron chi connectivity index (χ1n) is 2.71. The molecule has 0 aromatic rings. The van der Waals surface area contributed by atoms with Gasteiger partial charge in [-0.05, 0) is 25.8 Å². The Bertz CT molecular complexity index is 167. The van der Waals surface area contributed by atoms with Crippen LogP contribution in [0, 0.1) is 0 Å². The van der Waals surface area contributed by atoms with Crippen LogP contribution in [-0.4, -0.2) is 22.4 Å². The fourth-order valence-corrected chi connectivity index (χ4v) is 1.85. The fourth-order valence-electron chi connectivity index (χ4n) is 0.615. The van der Waals surface area contributed by atoms with E-state index in [2.05, 4.69) is 10.6 Å². The standard InChI is InChI=1S/C5H11NOS/c1-6-8(2,7)5-3-4-5/h5H,2-4H2,1H3,(H,6,7). The summed E-state index contributed by atoms with van der Waals surface area (Å²) in [5.74, 6) is 3.57. The van der Waals surface area contributed by atoms with Crippen molar-refractivity contribution in [2.24, 2.45) is 0 Å². The molecule has 1 saturated carbocycles. The van der Waals surface area contributed by atoms with Crippen molar-refractivity contribution in [3.8, 4) is 0 Å². The lowest BCUT2D eigenvalue weighted by Gasteiger charge is -2.02. The molecular weight excluding hydrogens is 122 g/mol. The van der Waals surface area contributed by atoms with Gasteiger partial charge in [-0.1, -0.05) is 0 Å². The van der Waals surface area contributed by atoms with E-state index in [1.165, 1.54) is 0 Å². The Kier molecular flexibility index (Phi) is 1.33. The van der Waals surface area contributed by atoms with Crippen molar-refractivity contribution >= 4 is 15.6 Å². The van der Waals surface area contributed by atoms with Crippen LogP contribution < -0.4 is 4.72 Å². The zero-order chi connectivity index (χ0) is 6.20. The molecule has 1 aliphatic rings. The highest BCUT2D eigenvalue weighted by molar-refractivity contribution is 7.99. The Morgan fingerprint density at radius 1 is 1.75 bits per heavy atom. The van der Waals surface area contributed by atoms with Crippen molar-refractivity contribution in [1.82, 2.24) is 4.72 Å². The molecule has 0 bridgehead atoms. The molecule has 0 aromatic carbocycles. The molecular formula is C5H11NOS. The van der Waals surface area contributed by atoms with Crippen LogP contribution in [-0.2, 0) is 9.71 Å². The molecule has 1 atom stereocenters. The van der Waals surface area contributed by atoms with Gasteiger partial charge in [0.1, 0.15) is 0 Å². The predicted molar refractivity (Wildman–Crippen MR) is 37.3 cm³/mol. The average molecular weight is 133 g/mol. The van der Waals surface area contributed by atoms with Crippen LogP contribution >= 0.6 is 0 Å². The fraction of sp³-hybridized carbons (Fsp3) is 0.800. The smallest absolute Gasteiger partial charge is 0.0402 e. The molecule has 1 aliphatic carbocycles. The van der Waals surface area contributed by atoms with Gasteiger partial charge in [-0.25, -0.2) is 4.72 Å². The molecule has 0 aromatic heterocycles. The Hall–Kier alpha value is -0.0200. The van der Waals surface area contributed by atoms with Gasteiger partial charge in [0, 0.05) is 15.0 Å².